The highest BCUT2D eigenvalue weighted by molar-refractivity contribution is 5.82. The molecule has 0 radical (unpaired) electrons. The van der Waals surface area contributed by atoms with E-state index in [2.05, 4.69) is 20.3 Å². The standard InChI is InChI=1S/C14H19N3O3/c1-7-14(17-20-16-7)19-5-4-15-13(18)12-10-8-2-3-9(6-8)11(10)12/h8-12H,2-6H2,1H3,(H,15,18)/t8-,9+,10+,11-,12?. The fourth-order valence-electron chi connectivity index (χ4n) is 4.47. The molecular weight excluding hydrogens is 258 g/mol. The first-order valence-electron chi connectivity index (χ1n) is 7.45. The van der Waals surface area contributed by atoms with Gasteiger partial charge >= 0.3 is 0 Å². The van der Waals surface area contributed by atoms with Crippen LogP contribution in [0, 0.1) is 36.5 Å². The normalized spacial score (nSPS) is 36.8. The molecule has 0 aromatic carbocycles. The van der Waals surface area contributed by atoms with E-state index in [0.29, 0.717) is 36.6 Å². The second-order valence-corrected chi connectivity index (χ2v) is 6.31. The average molecular weight is 277 g/mol. The topological polar surface area (TPSA) is 77.2 Å². The van der Waals surface area contributed by atoms with Gasteiger partial charge in [-0.05, 0) is 55.0 Å². The molecule has 1 amide bonds. The third-order valence-corrected chi connectivity index (χ3v) is 5.29. The van der Waals surface area contributed by atoms with Crippen LogP contribution in [0.15, 0.2) is 4.63 Å². The van der Waals surface area contributed by atoms with Crippen LogP contribution in [0.4, 0.5) is 0 Å². The van der Waals surface area contributed by atoms with Crippen molar-refractivity contribution >= 4 is 5.91 Å². The first-order valence-corrected chi connectivity index (χ1v) is 7.45. The minimum absolute atomic E-state index is 0.218. The summed E-state index contributed by atoms with van der Waals surface area (Å²) in [6, 6.07) is 0. The molecule has 0 aliphatic heterocycles. The fraction of sp³-hybridized carbons (Fsp3) is 0.786. The molecule has 6 nitrogen and oxygen atoms in total. The summed E-state index contributed by atoms with van der Waals surface area (Å²) in [5.41, 5.74) is 0.629. The molecule has 4 rings (SSSR count). The van der Waals surface area contributed by atoms with E-state index in [9.17, 15) is 4.79 Å². The molecule has 3 fully saturated rings. The van der Waals surface area contributed by atoms with E-state index in [-0.39, 0.29) is 11.8 Å². The summed E-state index contributed by atoms with van der Waals surface area (Å²) in [5, 5.41) is 10.2. The lowest BCUT2D eigenvalue weighted by Crippen LogP contribution is -2.31. The number of hydrogen-bond acceptors (Lipinski definition) is 5. The summed E-state index contributed by atoms with van der Waals surface area (Å²) in [4.78, 5) is 12.2. The van der Waals surface area contributed by atoms with Crippen molar-refractivity contribution in [2.75, 3.05) is 13.2 Å². The van der Waals surface area contributed by atoms with E-state index in [1.807, 2.05) is 0 Å². The van der Waals surface area contributed by atoms with Gasteiger partial charge in [-0.3, -0.25) is 4.79 Å². The predicted molar refractivity (Wildman–Crippen MR) is 68.8 cm³/mol. The van der Waals surface area contributed by atoms with Crippen LogP contribution in [-0.4, -0.2) is 29.4 Å². The van der Waals surface area contributed by atoms with Gasteiger partial charge in [0.15, 0.2) is 0 Å². The molecule has 1 unspecified atom stereocenters. The maximum Gasteiger partial charge on any atom is 0.278 e. The van der Waals surface area contributed by atoms with E-state index < -0.39 is 0 Å². The molecular formula is C14H19N3O3. The Hall–Kier alpha value is -1.59. The Morgan fingerprint density at radius 1 is 1.35 bits per heavy atom. The van der Waals surface area contributed by atoms with Gasteiger partial charge in [-0.15, -0.1) is 0 Å². The number of nitrogens with zero attached hydrogens (tertiary/aromatic N) is 2. The zero-order valence-corrected chi connectivity index (χ0v) is 11.5. The van der Waals surface area contributed by atoms with Crippen LogP contribution in [0.1, 0.15) is 25.0 Å². The van der Waals surface area contributed by atoms with Crippen molar-refractivity contribution < 1.29 is 14.2 Å². The first-order chi connectivity index (χ1) is 9.75. The zero-order chi connectivity index (χ0) is 13.7. The van der Waals surface area contributed by atoms with Gasteiger partial charge in [-0.2, -0.15) is 0 Å². The van der Waals surface area contributed by atoms with E-state index in [0.717, 1.165) is 11.8 Å². The Bertz CT molecular complexity index is 513. The van der Waals surface area contributed by atoms with Gasteiger partial charge in [-0.1, -0.05) is 5.16 Å². The number of nitrogens with one attached hydrogen (secondary N) is 1. The molecule has 0 saturated heterocycles. The number of rotatable bonds is 5. The molecule has 1 heterocycles. The number of aromatic nitrogens is 2. The van der Waals surface area contributed by atoms with Gasteiger partial charge in [0.05, 0.1) is 6.54 Å². The summed E-state index contributed by atoms with van der Waals surface area (Å²) in [6.07, 6.45) is 4.06. The number of carbonyl (C=O) groups is 1. The SMILES string of the molecule is Cc1nonc1OCCNC(=O)C1[C@@H]2[C@H]3CC[C@H](C3)[C@H]12. The molecule has 0 spiro atoms. The maximum atomic E-state index is 12.2. The van der Waals surface area contributed by atoms with Crippen LogP contribution in [0.25, 0.3) is 0 Å². The van der Waals surface area contributed by atoms with Crippen LogP contribution in [0.5, 0.6) is 5.88 Å². The molecule has 3 aliphatic rings. The highest BCUT2D eigenvalue weighted by atomic mass is 16.6. The van der Waals surface area contributed by atoms with Crippen LogP contribution < -0.4 is 10.1 Å². The van der Waals surface area contributed by atoms with Crippen molar-refractivity contribution in [1.82, 2.24) is 15.6 Å². The quantitative estimate of drug-likeness (QED) is 0.817. The first kappa shape index (κ1) is 12.2. The second kappa shape index (κ2) is 4.46. The predicted octanol–water partition coefficient (Wildman–Crippen LogP) is 1.17. The smallest absolute Gasteiger partial charge is 0.278 e. The number of carbonyl (C=O) groups excluding carboxylic acids is 1. The van der Waals surface area contributed by atoms with Gasteiger partial charge in [0.1, 0.15) is 12.3 Å². The molecule has 3 aliphatic carbocycles. The van der Waals surface area contributed by atoms with E-state index >= 15 is 0 Å². The molecule has 3 saturated carbocycles. The number of amides is 1. The molecule has 6 heteroatoms. The summed E-state index contributed by atoms with van der Waals surface area (Å²) < 4.78 is 9.93. The highest BCUT2D eigenvalue weighted by Crippen LogP contribution is 2.69. The molecule has 2 bridgehead atoms. The minimum atomic E-state index is 0.218. The van der Waals surface area contributed by atoms with Crippen LogP contribution in [0.2, 0.25) is 0 Å². The van der Waals surface area contributed by atoms with Crippen molar-refractivity contribution in [3.8, 4) is 5.88 Å². The Kier molecular flexibility index (Phi) is 2.72. The molecule has 1 aromatic rings. The summed E-state index contributed by atoms with van der Waals surface area (Å²) in [6.45, 7) is 2.68. The van der Waals surface area contributed by atoms with Gasteiger partial charge in [-0.25, -0.2) is 4.63 Å². The number of fused-ring (bicyclic) bond motifs is 5. The monoisotopic (exact) mass is 277 g/mol. The van der Waals surface area contributed by atoms with Crippen molar-refractivity contribution in [3.05, 3.63) is 5.69 Å². The maximum absolute atomic E-state index is 12.2. The van der Waals surface area contributed by atoms with Crippen molar-refractivity contribution in [3.63, 3.8) is 0 Å². The molecule has 1 aromatic heterocycles. The van der Waals surface area contributed by atoms with E-state index in [4.69, 9.17) is 4.74 Å². The largest absolute Gasteiger partial charge is 0.472 e. The van der Waals surface area contributed by atoms with Gasteiger partial charge in [0, 0.05) is 5.92 Å². The molecule has 5 atom stereocenters. The second-order valence-electron chi connectivity index (χ2n) is 6.31. The number of ether oxygens (including phenoxy) is 1. The lowest BCUT2D eigenvalue weighted by molar-refractivity contribution is -0.123. The Balaban J connectivity index is 1.21. The van der Waals surface area contributed by atoms with E-state index in [1.165, 1.54) is 19.3 Å². The van der Waals surface area contributed by atoms with Gasteiger partial charge < -0.3 is 10.1 Å². The minimum Gasteiger partial charge on any atom is -0.472 e. The Morgan fingerprint density at radius 2 is 2.10 bits per heavy atom. The van der Waals surface area contributed by atoms with Gasteiger partial charge in [0.2, 0.25) is 5.91 Å². The van der Waals surface area contributed by atoms with Crippen LogP contribution >= 0.6 is 0 Å². The molecule has 108 valence electrons. The summed E-state index contributed by atoms with van der Waals surface area (Å²) >= 11 is 0. The third-order valence-electron chi connectivity index (χ3n) is 5.29. The van der Waals surface area contributed by atoms with Crippen molar-refractivity contribution in [1.29, 1.82) is 0 Å². The Labute approximate surface area is 117 Å². The fourth-order valence-corrected chi connectivity index (χ4v) is 4.47. The lowest BCUT2D eigenvalue weighted by Gasteiger charge is -2.09. The average Bonchev–Trinajstić information content (AvgIpc) is 2.77. The number of aryl methyl sites for hydroxylation is 1. The summed E-state index contributed by atoms with van der Waals surface area (Å²) in [5.74, 6) is 3.96. The molecule has 1 N–H and O–H groups in total. The van der Waals surface area contributed by atoms with Gasteiger partial charge in [0.25, 0.3) is 5.88 Å². The third kappa shape index (κ3) is 1.81. The zero-order valence-electron chi connectivity index (χ0n) is 11.5. The van der Waals surface area contributed by atoms with E-state index in [1.54, 1.807) is 6.92 Å². The Morgan fingerprint density at radius 3 is 2.75 bits per heavy atom. The van der Waals surface area contributed by atoms with Crippen LogP contribution in [0.3, 0.4) is 0 Å². The lowest BCUT2D eigenvalue weighted by atomic mass is 10.0. The number of hydrogen-bond donors (Lipinski definition) is 1. The summed E-state index contributed by atoms with van der Waals surface area (Å²) in [7, 11) is 0. The molecule has 20 heavy (non-hydrogen) atoms. The van der Waals surface area contributed by atoms with Crippen LogP contribution in [-0.2, 0) is 4.79 Å². The van der Waals surface area contributed by atoms with Crippen molar-refractivity contribution in [2.24, 2.45) is 29.6 Å². The van der Waals surface area contributed by atoms with Crippen molar-refractivity contribution in [2.45, 2.75) is 26.2 Å². The highest BCUT2D eigenvalue weighted by Gasteiger charge is 2.67.